The van der Waals surface area contributed by atoms with E-state index in [0.29, 0.717) is 23.8 Å². The highest BCUT2D eigenvalue weighted by molar-refractivity contribution is 5.95. The number of nitriles is 1. The van der Waals surface area contributed by atoms with Gasteiger partial charge in [0.2, 0.25) is 0 Å². The normalized spacial score (nSPS) is 13.3. The number of benzene rings is 2. The molecule has 136 valence electrons. The predicted octanol–water partition coefficient (Wildman–Crippen LogP) is 5.16. The fourth-order valence-electron chi connectivity index (χ4n) is 3.49. The fourth-order valence-corrected chi connectivity index (χ4v) is 3.49. The first-order valence-corrected chi connectivity index (χ1v) is 9.26. The van der Waals surface area contributed by atoms with E-state index in [0.717, 1.165) is 28.7 Å². The third-order valence-corrected chi connectivity index (χ3v) is 4.88. The Balaban J connectivity index is 1.83. The minimum Gasteiger partial charge on any atom is -0.450 e. The van der Waals surface area contributed by atoms with Gasteiger partial charge in [-0.2, -0.15) is 5.26 Å². The van der Waals surface area contributed by atoms with Crippen molar-refractivity contribution in [2.75, 3.05) is 11.9 Å². The number of carbonyl (C=O) groups excluding carboxylic acids is 1. The number of rotatable bonds is 5. The van der Waals surface area contributed by atoms with Crippen molar-refractivity contribution in [3.8, 4) is 17.3 Å². The van der Waals surface area contributed by atoms with Crippen LogP contribution in [0.5, 0.6) is 0 Å². The fraction of sp³-hybridized carbons (Fsp3) is 0.273. The van der Waals surface area contributed by atoms with Crippen LogP contribution in [-0.4, -0.2) is 17.3 Å². The molecular weight excluding hydrogens is 338 g/mol. The van der Waals surface area contributed by atoms with E-state index in [1.54, 1.807) is 6.92 Å². The molecule has 0 aliphatic heterocycles. The summed E-state index contributed by atoms with van der Waals surface area (Å²) in [5, 5.41) is 13.6. The van der Waals surface area contributed by atoms with Crippen molar-refractivity contribution in [2.45, 2.75) is 26.3 Å². The number of amides is 1. The molecular formula is C22H21N3O2. The predicted molar refractivity (Wildman–Crippen MR) is 105 cm³/mol. The standard InChI is InChI=1S/C22H21N3O2/c1-2-27-22(26)24-17-7-5-6-16(12-17)21-19(13-23)18-8-3-4-9-20(18)25(21)14-15-10-11-15/h3-9,12,15H,2,10-11,14H2,1H3,(H,24,26). The highest BCUT2D eigenvalue weighted by atomic mass is 16.5. The lowest BCUT2D eigenvalue weighted by Crippen LogP contribution is -2.13. The molecule has 3 aromatic rings. The maximum absolute atomic E-state index is 11.8. The number of fused-ring (bicyclic) bond motifs is 1. The molecule has 1 aromatic heterocycles. The maximum atomic E-state index is 11.8. The summed E-state index contributed by atoms with van der Waals surface area (Å²) in [5.41, 5.74) is 4.24. The number of anilines is 1. The zero-order valence-electron chi connectivity index (χ0n) is 15.2. The van der Waals surface area contributed by atoms with Gasteiger partial charge in [-0.3, -0.25) is 5.32 Å². The van der Waals surface area contributed by atoms with E-state index in [1.165, 1.54) is 12.8 Å². The second-order valence-corrected chi connectivity index (χ2v) is 6.83. The molecule has 1 aliphatic rings. The summed E-state index contributed by atoms with van der Waals surface area (Å²) in [5.74, 6) is 0.673. The van der Waals surface area contributed by atoms with Crippen LogP contribution in [0.4, 0.5) is 10.5 Å². The van der Waals surface area contributed by atoms with Gasteiger partial charge in [0.05, 0.1) is 17.9 Å². The smallest absolute Gasteiger partial charge is 0.411 e. The van der Waals surface area contributed by atoms with Crippen LogP contribution in [0.1, 0.15) is 25.3 Å². The molecule has 0 atom stereocenters. The zero-order valence-corrected chi connectivity index (χ0v) is 15.2. The van der Waals surface area contributed by atoms with Crippen molar-refractivity contribution in [3.63, 3.8) is 0 Å². The minimum absolute atomic E-state index is 0.319. The van der Waals surface area contributed by atoms with Crippen LogP contribution in [0.25, 0.3) is 22.2 Å². The van der Waals surface area contributed by atoms with Gasteiger partial charge in [-0.15, -0.1) is 0 Å². The molecule has 27 heavy (non-hydrogen) atoms. The summed E-state index contributed by atoms with van der Waals surface area (Å²) in [6.45, 7) is 3.00. The van der Waals surface area contributed by atoms with Gasteiger partial charge in [0.15, 0.2) is 0 Å². The van der Waals surface area contributed by atoms with Crippen LogP contribution < -0.4 is 5.32 Å². The van der Waals surface area contributed by atoms with Gasteiger partial charge in [-0.1, -0.05) is 30.3 Å². The van der Waals surface area contributed by atoms with Crippen molar-refractivity contribution in [1.29, 1.82) is 5.26 Å². The molecule has 1 saturated carbocycles. The van der Waals surface area contributed by atoms with Crippen molar-refractivity contribution in [2.24, 2.45) is 5.92 Å². The van der Waals surface area contributed by atoms with Gasteiger partial charge in [-0.05, 0) is 43.9 Å². The molecule has 1 amide bonds. The Labute approximate surface area is 158 Å². The van der Waals surface area contributed by atoms with Crippen LogP contribution in [0.2, 0.25) is 0 Å². The van der Waals surface area contributed by atoms with Crippen molar-refractivity contribution < 1.29 is 9.53 Å². The van der Waals surface area contributed by atoms with Crippen LogP contribution in [0.15, 0.2) is 48.5 Å². The summed E-state index contributed by atoms with van der Waals surface area (Å²) < 4.78 is 7.22. The molecule has 0 saturated heterocycles. The molecule has 2 aromatic carbocycles. The van der Waals surface area contributed by atoms with Gasteiger partial charge >= 0.3 is 6.09 Å². The van der Waals surface area contributed by atoms with E-state index in [1.807, 2.05) is 42.5 Å². The summed E-state index contributed by atoms with van der Waals surface area (Å²) >= 11 is 0. The third kappa shape index (κ3) is 3.39. The quantitative estimate of drug-likeness (QED) is 0.684. The van der Waals surface area contributed by atoms with Crippen LogP contribution in [0.3, 0.4) is 0 Å². The second-order valence-electron chi connectivity index (χ2n) is 6.83. The van der Waals surface area contributed by atoms with E-state index >= 15 is 0 Å². The Hall–Kier alpha value is -3.26. The summed E-state index contributed by atoms with van der Waals surface area (Å²) in [7, 11) is 0. The summed E-state index contributed by atoms with van der Waals surface area (Å²) in [6.07, 6.45) is 1.99. The van der Waals surface area contributed by atoms with E-state index in [2.05, 4.69) is 22.0 Å². The van der Waals surface area contributed by atoms with Gasteiger partial charge in [0, 0.05) is 28.7 Å². The molecule has 5 heteroatoms. The topological polar surface area (TPSA) is 67.0 Å². The highest BCUT2D eigenvalue weighted by Crippen LogP contribution is 2.38. The van der Waals surface area contributed by atoms with E-state index in [-0.39, 0.29) is 0 Å². The number of carbonyl (C=O) groups is 1. The van der Waals surface area contributed by atoms with Gasteiger partial charge in [-0.25, -0.2) is 4.79 Å². The van der Waals surface area contributed by atoms with E-state index in [4.69, 9.17) is 4.74 Å². The molecule has 0 unspecified atom stereocenters. The molecule has 1 fully saturated rings. The van der Waals surface area contributed by atoms with Crippen molar-refractivity contribution >= 4 is 22.7 Å². The zero-order chi connectivity index (χ0) is 18.8. The summed E-state index contributed by atoms with van der Waals surface area (Å²) in [4.78, 5) is 11.8. The number of hydrogen-bond donors (Lipinski definition) is 1. The van der Waals surface area contributed by atoms with Crippen LogP contribution >= 0.6 is 0 Å². The third-order valence-electron chi connectivity index (χ3n) is 4.88. The van der Waals surface area contributed by atoms with E-state index < -0.39 is 6.09 Å². The Morgan fingerprint density at radius 2 is 2.07 bits per heavy atom. The number of aromatic nitrogens is 1. The molecule has 0 radical (unpaired) electrons. The monoisotopic (exact) mass is 359 g/mol. The summed E-state index contributed by atoms with van der Waals surface area (Å²) in [6, 6.07) is 18.0. The molecule has 0 spiro atoms. The van der Waals surface area contributed by atoms with Gasteiger partial charge in [0.1, 0.15) is 6.07 Å². The minimum atomic E-state index is -0.478. The number of nitrogens with zero attached hydrogens (tertiary/aromatic N) is 2. The number of hydrogen-bond acceptors (Lipinski definition) is 3. The second kappa shape index (κ2) is 7.16. The molecule has 1 aliphatic carbocycles. The molecule has 5 nitrogen and oxygen atoms in total. The lowest BCUT2D eigenvalue weighted by Gasteiger charge is -2.12. The average molecular weight is 359 g/mol. The number of ether oxygens (including phenoxy) is 1. The Kier molecular flexibility index (Phi) is 4.55. The highest BCUT2D eigenvalue weighted by Gasteiger charge is 2.26. The van der Waals surface area contributed by atoms with E-state index in [9.17, 15) is 10.1 Å². The number of nitrogens with one attached hydrogen (secondary N) is 1. The lowest BCUT2D eigenvalue weighted by atomic mass is 10.1. The Morgan fingerprint density at radius 3 is 2.81 bits per heavy atom. The first-order valence-electron chi connectivity index (χ1n) is 9.26. The van der Waals surface area contributed by atoms with Gasteiger partial charge in [0.25, 0.3) is 0 Å². The maximum Gasteiger partial charge on any atom is 0.411 e. The SMILES string of the molecule is CCOC(=O)Nc1cccc(-c2c(C#N)c3ccccc3n2CC2CC2)c1. The molecule has 1 heterocycles. The molecule has 4 rings (SSSR count). The van der Waals surface area contributed by atoms with Gasteiger partial charge < -0.3 is 9.30 Å². The van der Waals surface area contributed by atoms with Crippen molar-refractivity contribution in [1.82, 2.24) is 4.57 Å². The largest absolute Gasteiger partial charge is 0.450 e. The first kappa shape index (κ1) is 17.2. The van der Waals surface area contributed by atoms with Crippen LogP contribution in [-0.2, 0) is 11.3 Å². The first-order chi connectivity index (χ1) is 13.2. The Morgan fingerprint density at radius 1 is 1.26 bits per heavy atom. The number of para-hydroxylation sites is 1. The molecule has 1 N–H and O–H groups in total. The van der Waals surface area contributed by atoms with Crippen molar-refractivity contribution in [3.05, 3.63) is 54.1 Å². The molecule has 0 bridgehead atoms. The van der Waals surface area contributed by atoms with Crippen LogP contribution in [0, 0.1) is 17.2 Å². The Bertz CT molecular complexity index is 1040. The average Bonchev–Trinajstić information content (AvgIpc) is 3.43. The lowest BCUT2D eigenvalue weighted by molar-refractivity contribution is 0.168.